The number of thiazole rings is 1. The molecule has 1 aromatic carbocycles. The number of methoxy groups -OCH3 is 1. The largest absolute Gasteiger partial charge is 0.496 e. The lowest BCUT2D eigenvalue weighted by Crippen LogP contribution is -2.66. The first-order valence-electron chi connectivity index (χ1n) is 11.4. The summed E-state index contributed by atoms with van der Waals surface area (Å²) in [7, 11) is 1.50. The Labute approximate surface area is 212 Å². The number of benzene rings is 1. The van der Waals surface area contributed by atoms with Crippen molar-refractivity contribution in [3.63, 3.8) is 0 Å². The van der Waals surface area contributed by atoms with Crippen molar-refractivity contribution in [1.82, 2.24) is 15.6 Å². The first-order valence-corrected chi connectivity index (χ1v) is 12.4. The fraction of sp³-hybridized carbons (Fsp3) is 0.417. The summed E-state index contributed by atoms with van der Waals surface area (Å²) in [4.78, 5) is 67.1. The molecule has 0 saturated carbocycles. The Bertz CT molecular complexity index is 1130. The van der Waals surface area contributed by atoms with E-state index in [1.807, 2.05) is 0 Å². The number of carbonyl (C=O) groups excluding carboxylic acids is 4. The molecule has 1 aliphatic heterocycles. The molecule has 4 amide bonds. The second-order valence-corrected chi connectivity index (χ2v) is 9.31. The minimum absolute atomic E-state index is 0.0661. The molecule has 2 atom stereocenters. The van der Waals surface area contributed by atoms with E-state index in [2.05, 4.69) is 15.6 Å². The van der Waals surface area contributed by atoms with E-state index >= 15 is 0 Å². The number of carboxylic acids is 1. The van der Waals surface area contributed by atoms with Crippen LogP contribution >= 0.6 is 11.3 Å². The van der Waals surface area contributed by atoms with Crippen LogP contribution in [0.2, 0.25) is 0 Å². The minimum Gasteiger partial charge on any atom is -0.496 e. The number of hydrogen-bond donors (Lipinski definition) is 3. The second-order valence-electron chi connectivity index (χ2n) is 8.59. The minimum atomic E-state index is -1.27. The Morgan fingerprint density at radius 1 is 1.22 bits per heavy atom. The zero-order valence-corrected chi connectivity index (χ0v) is 20.9. The Hall–Kier alpha value is -3.64. The van der Waals surface area contributed by atoms with E-state index in [1.165, 1.54) is 18.4 Å². The lowest BCUT2D eigenvalue weighted by molar-refractivity contribution is -0.761. The number of rotatable bonds is 10. The van der Waals surface area contributed by atoms with Gasteiger partial charge in [0.25, 0.3) is 5.91 Å². The van der Waals surface area contributed by atoms with E-state index in [1.54, 1.807) is 36.0 Å². The van der Waals surface area contributed by atoms with Crippen LogP contribution in [0, 0.1) is 6.92 Å². The summed E-state index contributed by atoms with van der Waals surface area (Å²) >= 11 is 1.34. The molecular formula is C24H29N4O7S+. The summed E-state index contributed by atoms with van der Waals surface area (Å²) in [6.45, 7) is 2.07. The summed E-state index contributed by atoms with van der Waals surface area (Å²) in [5.41, 5.74) is 3.11. The third-order valence-electron chi connectivity index (χ3n) is 6.26. The lowest BCUT2D eigenvalue weighted by Gasteiger charge is -2.32. The molecule has 12 heteroatoms. The second kappa shape index (κ2) is 11.9. The molecule has 1 saturated heterocycles. The third-order valence-corrected chi connectivity index (χ3v) is 6.89. The summed E-state index contributed by atoms with van der Waals surface area (Å²) in [6.07, 6.45) is 0.962. The predicted octanol–water partition coefficient (Wildman–Crippen LogP) is 1.69. The van der Waals surface area contributed by atoms with Crippen LogP contribution in [0.3, 0.4) is 0 Å². The number of nitrogens with one attached hydrogen (secondary N) is 2. The standard InChI is InChI=1S/C24H28N4O7S/c1-15-18(6-5-7-20(15)35-2)22(32)27-19(10-17-13-36-14-25-17)23(33)28(8-3-4-9-28)24(34)26-16(12-29)11-21(30)31/h5-7,12-14,16,19H,3-4,8-11H2,1-2H3,(H2-,26,27,30,31,32,34)/p+1/t16-,19-/m0/s1. The van der Waals surface area contributed by atoms with Crippen LogP contribution in [0.25, 0.3) is 0 Å². The number of urea groups is 1. The molecule has 1 aromatic heterocycles. The van der Waals surface area contributed by atoms with Gasteiger partial charge in [0.05, 0.1) is 37.8 Å². The van der Waals surface area contributed by atoms with Gasteiger partial charge in [-0.2, -0.15) is 4.48 Å². The quantitative estimate of drug-likeness (QED) is 0.318. The summed E-state index contributed by atoms with van der Waals surface area (Å²) in [5.74, 6) is -1.79. The molecule has 3 N–H and O–H groups in total. The molecule has 36 heavy (non-hydrogen) atoms. The highest BCUT2D eigenvalue weighted by atomic mass is 32.1. The van der Waals surface area contributed by atoms with Crippen molar-refractivity contribution in [2.45, 2.75) is 44.7 Å². The van der Waals surface area contributed by atoms with Crippen molar-refractivity contribution in [3.8, 4) is 5.75 Å². The van der Waals surface area contributed by atoms with Crippen LogP contribution in [0.15, 0.2) is 29.1 Å². The van der Waals surface area contributed by atoms with E-state index in [9.17, 15) is 24.0 Å². The Kier molecular flexibility index (Phi) is 8.88. The number of hydrogen-bond acceptors (Lipinski definition) is 8. The highest BCUT2D eigenvalue weighted by molar-refractivity contribution is 7.07. The van der Waals surface area contributed by atoms with Crippen LogP contribution in [-0.2, 0) is 20.8 Å². The normalized spacial score (nSPS) is 15.9. The first-order chi connectivity index (χ1) is 17.2. The summed E-state index contributed by atoms with van der Waals surface area (Å²) in [6, 6.07) is 1.88. The molecular weight excluding hydrogens is 488 g/mol. The zero-order chi connectivity index (χ0) is 26.3. The SMILES string of the molecule is COc1cccc(C(=O)N[C@@H](Cc2cscn2)C(=O)[N+]2(C(=O)N[C@H](C=O)CC(=O)O)CCCC2)c1C. The van der Waals surface area contributed by atoms with E-state index in [0.29, 0.717) is 41.7 Å². The van der Waals surface area contributed by atoms with Gasteiger partial charge in [0.1, 0.15) is 18.1 Å². The molecule has 11 nitrogen and oxygen atoms in total. The number of quaternary nitrogens is 1. The molecule has 0 bridgehead atoms. The first kappa shape index (κ1) is 27.0. The van der Waals surface area contributed by atoms with E-state index in [0.717, 1.165) is 0 Å². The van der Waals surface area contributed by atoms with Crippen molar-refractivity contribution in [1.29, 1.82) is 0 Å². The van der Waals surface area contributed by atoms with Crippen LogP contribution in [0.5, 0.6) is 5.75 Å². The van der Waals surface area contributed by atoms with Crippen molar-refractivity contribution in [3.05, 3.63) is 45.9 Å². The monoisotopic (exact) mass is 517 g/mol. The Balaban J connectivity index is 1.92. The van der Waals surface area contributed by atoms with Gasteiger partial charge in [-0.3, -0.25) is 14.9 Å². The average molecular weight is 518 g/mol. The molecule has 0 radical (unpaired) electrons. The number of nitrogens with zero attached hydrogens (tertiary/aromatic N) is 2. The van der Waals surface area contributed by atoms with Gasteiger partial charge in [-0.1, -0.05) is 6.07 Å². The van der Waals surface area contributed by atoms with Crippen LogP contribution in [-0.4, -0.2) is 77.0 Å². The van der Waals surface area contributed by atoms with Gasteiger partial charge in [0.2, 0.25) is 0 Å². The number of carbonyl (C=O) groups is 5. The van der Waals surface area contributed by atoms with Gasteiger partial charge < -0.3 is 20.0 Å². The zero-order valence-electron chi connectivity index (χ0n) is 20.1. The van der Waals surface area contributed by atoms with Gasteiger partial charge in [-0.25, -0.2) is 14.6 Å². The predicted molar refractivity (Wildman–Crippen MR) is 130 cm³/mol. The van der Waals surface area contributed by atoms with Crippen molar-refractivity contribution in [2.75, 3.05) is 20.2 Å². The highest BCUT2D eigenvalue weighted by Gasteiger charge is 2.51. The molecule has 0 unspecified atom stereocenters. The van der Waals surface area contributed by atoms with Gasteiger partial charge in [0.15, 0.2) is 6.04 Å². The molecule has 2 heterocycles. The average Bonchev–Trinajstić information content (AvgIpc) is 3.55. The Morgan fingerprint density at radius 2 is 1.94 bits per heavy atom. The van der Waals surface area contributed by atoms with Crippen molar-refractivity contribution >= 4 is 41.4 Å². The van der Waals surface area contributed by atoms with Crippen LogP contribution in [0.4, 0.5) is 4.79 Å². The number of aliphatic carboxylic acids is 1. The number of likely N-dealkylation sites (tertiary alicyclic amines) is 1. The van der Waals surface area contributed by atoms with E-state index < -0.39 is 46.8 Å². The maximum Gasteiger partial charge on any atom is 0.424 e. The fourth-order valence-electron chi connectivity index (χ4n) is 4.37. The van der Waals surface area contributed by atoms with Crippen LogP contribution in [0.1, 0.15) is 40.9 Å². The van der Waals surface area contributed by atoms with Gasteiger partial charge in [0, 0.05) is 35.8 Å². The van der Waals surface area contributed by atoms with Gasteiger partial charge in [-0.15, -0.1) is 11.3 Å². The fourth-order valence-corrected chi connectivity index (χ4v) is 4.94. The smallest absolute Gasteiger partial charge is 0.424 e. The number of amides is 4. The lowest BCUT2D eigenvalue weighted by atomic mass is 10.0. The van der Waals surface area contributed by atoms with Crippen molar-refractivity contribution in [2.24, 2.45) is 0 Å². The molecule has 192 valence electrons. The van der Waals surface area contributed by atoms with Gasteiger partial charge in [-0.05, 0) is 19.1 Å². The van der Waals surface area contributed by atoms with E-state index in [-0.39, 0.29) is 19.5 Å². The molecule has 2 aromatic rings. The van der Waals surface area contributed by atoms with Crippen LogP contribution < -0.4 is 15.4 Å². The number of carboxylic acid groups (broad SMARTS) is 1. The number of aromatic nitrogens is 1. The number of aldehydes is 1. The third kappa shape index (κ3) is 5.94. The highest BCUT2D eigenvalue weighted by Crippen LogP contribution is 2.25. The summed E-state index contributed by atoms with van der Waals surface area (Å²) < 4.78 is 4.65. The number of ether oxygens (including phenoxy) is 1. The molecule has 0 aliphatic carbocycles. The molecule has 1 fully saturated rings. The Morgan fingerprint density at radius 3 is 2.53 bits per heavy atom. The molecule has 3 rings (SSSR count). The molecule has 1 aliphatic rings. The van der Waals surface area contributed by atoms with Gasteiger partial charge >= 0.3 is 17.9 Å². The maximum atomic E-state index is 13.9. The van der Waals surface area contributed by atoms with E-state index in [4.69, 9.17) is 9.84 Å². The molecule has 0 spiro atoms. The maximum absolute atomic E-state index is 13.9. The number of imide groups is 1. The topological polar surface area (TPSA) is 152 Å². The van der Waals surface area contributed by atoms with Crippen molar-refractivity contribution < 1.29 is 38.3 Å². The summed E-state index contributed by atoms with van der Waals surface area (Å²) in [5, 5.41) is 16.0.